The average Bonchev–Trinajstić information content (AvgIpc) is 3.04. The van der Waals surface area contributed by atoms with Crippen LogP contribution in [0, 0.1) is 12.7 Å². The summed E-state index contributed by atoms with van der Waals surface area (Å²) < 4.78 is 13.2. The molecule has 0 fully saturated rings. The number of halogens is 1. The van der Waals surface area contributed by atoms with Gasteiger partial charge in [-0.3, -0.25) is 5.10 Å². The Morgan fingerprint density at radius 1 is 1.12 bits per heavy atom. The summed E-state index contributed by atoms with van der Waals surface area (Å²) >= 11 is 0. The van der Waals surface area contributed by atoms with Gasteiger partial charge in [-0.1, -0.05) is 13.3 Å². The number of aromatic nitrogens is 4. The zero-order valence-corrected chi connectivity index (χ0v) is 15.3. The molecule has 3 aromatic rings. The van der Waals surface area contributed by atoms with Crippen molar-refractivity contribution in [2.75, 3.05) is 23.8 Å². The van der Waals surface area contributed by atoms with Crippen LogP contribution < -0.4 is 10.2 Å². The lowest BCUT2D eigenvalue weighted by molar-refractivity contribution is 0.628. The van der Waals surface area contributed by atoms with Crippen LogP contribution in [0.25, 0.3) is 11.4 Å². The van der Waals surface area contributed by atoms with Gasteiger partial charge in [-0.2, -0.15) is 5.10 Å². The van der Waals surface area contributed by atoms with Crippen molar-refractivity contribution in [1.82, 2.24) is 20.2 Å². The van der Waals surface area contributed by atoms with Crippen LogP contribution >= 0.6 is 0 Å². The van der Waals surface area contributed by atoms with E-state index in [-0.39, 0.29) is 5.82 Å². The summed E-state index contributed by atoms with van der Waals surface area (Å²) in [6, 6.07) is 9.99. The molecule has 0 unspecified atom stereocenters. The minimum atomic E-state index is -0.282. The second-order valence-electron chi connectivity index (χ2n) is 6.28. The van der Waals surface area contributed by atoms with Gasteiger partial charge in [0, 0.05) is 37.0 Å². The zero-order chi connectivity index (χ0) is 18.5. The molecule has 0 bridgehead atoms. The van der Waals surface area contributed by atoms with E-state index in [1.807, 2.05) is 26.1 Å². The van der Waals surface area contributed by atoms with Crippen molar-refractivity contribution in [3.05, 3.63) is 47.9 Å². The van der Waals surface area contributed by atoms with E-state index in [2.05, 4.69) is 37.3 Å². The Bertz CT molecular complexity index is 859. The number of anilines is 3. The van der Waals surface area contributed by atoms with Crippen LogP contribution in [0.1, 0.15) is 25.5 Å². The highest BCUT2D eigenvalue weighted by atomic mass is 19.1. The highest BCUT2D eigenvalue weighted by Crippen LogP contribution is 2.24. The number of rotatable bonds is 7. The van der Waals surface area contributed by atoms with Gasteiger partial charge in [0.05, 0.1) is 0 Å². The molecule has 0 saturated heterocycles. The number of nitrogens with one attached hydrogen (secondary N) is 2. The number of aromatic amines is 1. The summed E-state index contributed by atoms with van der Waals surface area (Å²) in [6.07, 6.45) is 2.19. The average molecular weight is 354 g/mol. The second kappa shape index (κ2) is 7.95. The largest absolute Gasteiger partial charge is 0.359 e. The lowest BCUT2D eigenvalue weighted by Gasteiger charge is -2.19. The first-order valence-electron chi connectivity index (χ1n) is 8.70. The molecule has 0 aliphatic heterocycles. The third-order valence-electron chi connectivity index (χ3n) is 4.02. The van der Waals surface area contributed by atoms with Gasteiger partial charge in [-0.15, -0.1) is 0 Å². The monoisotopic (exact) mass is 354 g/mol. The van der Waals surface area contributed by atoms with Crippen LogP contribution in [0.5, 0.6) is 0 Å². The maximum absolute atomic E-state index is 13.2. The minimum Gasteiger partial charge on any atom is -0.359 e. The Hall–Kier alpha value is -2.96. The van der Waals surface area contributed by atoms with Gasteiger partial charge < -0.3 is 10.2 Å². The van der Waals surface area contributed by atoms with Crippen LogP contribution in [-0.2, 0) is 0 Å². The fourth-order valence-corrected chi connectivity index (χ4v) is 2.55. The van der Waals surface area contributed by atoms with Gasteiger partial charge in [-0.05, 0) is 37.6 Å². The van der Waals surface area contributed by atoms with Crippen LogP contribution in [0.15, 0.2) is 36.4 Å². The summed E-state index contributed by atoms with van der Waals surface area (Å²) in [7, 11) is 2.01. The number of hydrogen-bond donors (Lipinski definition) is 2. The van der Waals surface area contributed by atoms with Crippen LogP contribution in [-0.4, -0.2) is 33.8 Å². The molecular formula is C19H23FN6. The molecule has 7 heteroatoms. The van der Waals surface area contributed by atoms with Crippen molar-refractivity contribution >= 4 is 17.5 Å². The lowest BCUT2D eigenvalue weighted by Crippen LogP contribution is -2.20. The first kappa shape index (κ1) is 17.8. The molecule has 0 spiro atoms. The summed E-state index contributed by atoms with van der Waals surface area (Å²) in [4.78, 5) is 11.3. The minimum absolute atomic E-state index is 0.282. The van der Waals surface area contributed by atoms with Gasteiger partial charge in [0.15, 0.2) is 11.6 Å². The summed E-state index contributed by atoms with van der Waals surface area (Å²) in [5.74, 6) is 2.40. The second-order valence-corrected chi connectivity index (χ2v) is 6.28. The molecule has 2 heterocycles. The van der Waals surface area contributed by atoms with Crippen LogP contribution in [0.3, 0.4) is 0 Å². The van der Waals surface area contributed by atoms with Gasteiger partial charge >= 0.3 is 0 Å². The van der Waals surface area contributed by atoms with Gasteiger partial charge in [0.25, 0.3) is 0 Å². The molecule has 2 aromatic heterocycles. The quantitative estimate of drug-likeness (QED) is 0.662. The molecule has 136 valence electrons. The summed E-state index contributed by atoms with van der Waals surface area (Å²) in [6.45, 7) is 4.99. The Morgan fingerprint density at radius 2 is 1.88 bits per heavy atom. The highest BCUT2D eigenvalue weighted by molar-refractivity contribution is 5.64. The van der Waals surface area contributed by atoms with Crippen molar-refractivity contribution in [3.63, 3.8) is 0 Å². The van der Waals surface area contributed by atoms with Gasteiger partial charge in [-0.25, -0.2) is 14.4 Å². The van der Waals surface area contributed by atoms with Crippen molar-refractivity contribution in [3.8, 4) is 11.4 Å². The standard InChI is InChI=1S/C19H23FN6/c1-4-5-10-26(3)18-12-16(21-17-11-13(2)24-25-17)22-19(23-18)14-6-8-15(20)9-7-14/h6-9,11-12H,4-5,10H2,1-3H3,(H2,21,22,23,24,25). The molecule has 0 saturated carbocycles. The summed E-state index contributed by atoms with van der Waals surface area (Å²) in [5, 5.41) is 10.3. The number of hydrogen-bond acceptors (Lipinski definition) is 5. The van der Waals surface area contributed by atoms with Crippen molar-refractivity contribution in [2.45, 2.75) is 26.7 Å². The molecule has 0 atom stereocenters. The Morgan fingerprint density at radius 3 is 2.54 bits per heavy atom. The van der Waals surface area contributed by atoms with E-state index in [0.717, 1.165) is 36.5 Å². The van der Waals surface area contributed by atoms with Gasteiger partial charge in [0.1, 0.15) is 17.5 Å². The molecule has 0 aliphatic rings. The van der Waals surface area contributed by atoms with Crippen molar-refractivity contribution < 1.29 is 4.39 Å². The van der Waals surface area contributed by atoms with Crippen LogP contribution in [0.4, 0.5) is 21.8 Å². The Labute approximate surface area is 152 Å². The van der Waals surface area contributed by atoms with Gasteiger partial charge in [0.2, 0.25) is 0 Å². The number of aryl methyl sites for hydroxylation is 1. The van der Waals surface area contributed by atoms with E-state index in [1.54, 1.807) is 12.1 Å². The molecule has 0 radical (unpaired) electrons. The smallest absolute Gasteiger partial charge is 0.163 e. The number of nitrogens with zero attached hydrogens (tertiary/aromatic N) is 4. The van der Waals surface area contributed by atoms with E-state index >= 15 is 0 Å². The predicted octanol–water partition coefficient (Wildman–Crippen LogP) is 4.29. The molecule has 0 aliphatic carbocycles. The highest BCUT2D eigenvalue weighted by Gasteiger charge is 2.11. The fourth-order valence-electron chi connectivity index (χ4n) is 2.55. The number of H-pyrrole nitrogens is 1. The predicted molar refractivity (Wildman–Crippen MR) is 102 cm³/mol. The number of benzene rings is 1. The topological polar surface area (TPSA) is 69.7 Å². The third-order valence-corrected chi connectivity index (χ3v) is 4.02. The maximum Gasteiger partial charge on any atom is 0.163 e. The van der Waals surface area contributed by atoms with E-state index in [9.17, 15) is 4.39 Å². The van der Waals surface area contributed by atoms with E-state index in [0.29, 0.717) is 17.5 Å². The molecule has 0 amide bonds. The maximum atomic E-state index is 13.2. The Balaban J connectivity index is 1.96. The molecule has 2 N–H and O–H groups in total. The zero-order valence-electron chi connectivity index (χ0n) is 15.3. The normalized spacial score (nSPS) is 10.8. The van der Waals surface area contributed by atoms with Crippen molar-refractivity contribution in [1.29, 1.82) is 0 Å². The number of unbranched alkanes of at least 4 members (excludes halogenated alkanes) is 1. The third kappa shape index (κ3) is 4.36. The molecule has 26 heavy (non-hydrogen) atoms. The SMILES string of the molecule is CCCCN(C)c1cc(Nc2cc(C)[nH]n2)nc(-c2ccc(F)cc2)n1. The Kier molecular flexibility index (Phi) is 5.46. The van der Waals surface area contributed by atoms with E-state index in [4.69, 9.17) is 0 Å². The molecule has 1 aromatic carbocycles. The first-order chi connectivity index (χ1) is 12.5. The van der Waals surface area contributed by atoms with Crippen LogP contribution in [0.2, 0.25) is 0 Å². The summed E-state index contributed by atoms with van der Waals surface area (Å²) in [5.41, 5.74) is 1.72. The first-order valence-corrected chi connectivity index (χ1v) is 8.70. The molecule has 3 rings (SSSR count). The van der Waals surface area contributed by atoms with Crippen molar-refractivity contribution in [2.24, 2.45) is 0 Å². The van der Waals surface area contributed by atoms with E-state index < -0.39 is 0 Å². The lowest BCUT2D eigenvalue weighted by atomic mass is 10.2. The van der Waals surface area contributed by atoms with E-state index in [1.165, 1.54) is 12.1 Å². The molecule has 6 nitrogen and oxygen atoms in total. The fraction of sp³-hybridized carbons (Fsp3) is 0.316. The molecular weight excluding hydrogens is 331 g/mol.